The fourth-order valence-electron chi connectivity index (χ4n) is 5.30. The van der Waals surface area contributed by atoms with Crippen LogP contribution < -0.4 is 4.57 Å². The average Bonchev–Trinajstić information content (AvgIpc) is 3.14. The van der Waals surface area contributed by atoms with Crippen molar-refractivity contribution in [2.45, 2.75) is 13.8 Å². The third kappa shape index (κ3) is 5.73. The molecule has 0 atom stereocenters. The highest BCUT2D eigenvalue weighted by molar-refractivity contribution is 5.77. The topological polar surface area (TPSA) is 13.1 Å². The Hall–Kier alpha value is -5.21. The van der Waals surface area contributed by atoms with Gasteiger partial charge in [0, 0.05) is 37.1 Å². The average molecular weight is 531 g/mol. The van der Waals surface area contributed by atoms with Crippen molar-refractivity contribution in [2.24, 2.45) is 0 Å². The minimum absolute atomic E-state index is 0.844. The highest BCUT2D eigenvalue weighted by Gasteiger charge is 2.26. The van der Waals surface area contributed by atoms with Crippen molar-refractivity contribution in [3.05, 3.63) is 185 Å². The molecule has 0 aromatic heterocycles. The summed E-state index contributed by atoms with van der Waals surface area (Å²) in [7, 11) is 0. The van der Waals surface area contributed by atoms with E-state index in [1.165, 1.54) is 28.2 Å². The zero-order chi connectivity index (χ0) is 28.0. The SMILES string of the molecule is Cc1c2ccc(/C=C/C=C/C=C3C=C(c4ccccc4)OC(c4ccccc4)=C3)ccc-2c(C)[n+]1-c1ccccc1. The van der Waals surface area contributed by atoms with Crippen LogP contribution >= 0.6 is 0 Å². The summed E-state index contributed by atoms with van der Waals surface area (Å²) >= 11 is 0. The standard InChI is InChI=1S/C39H32NO/c1-29-36-25-23-31(24-26-37(36)30(2)40(29)35-21-13-6-14-22-35)15-7-3-8-16-32-27-38(33-17-9-4-10-18-33)41-39(28-32)34-19-11-5-12-20-34/h3-28H,1-2H3/q+1/b8-3+,15-7+. The van der Waals surface area contributed by atoms with E-state index in [4.69, 9.17) is 4.74 Å². The number of rotatable bonds is 6. The maximum atomic E-state index is 6.30. The highest BCUT2D eigenvalue weighted by Crippen LogP contribution is 2.32. The Morgan fingerprint density at radius 2 is 1.05 bits per heavy atom. The molecule has 0 unspecified atom stereocenters. The molecule has 0 saturated heterocycles. The first-order valence-electron chi connectivity index (χ1n) is 13.9. The summed E-state index contributed by atoms with van der Waals surface area (Å²) in [4.78, 5) is 0. The predicted molar refractivity (Wildman–Crippen MR) is 170 cm³/mol. The quantitative estimate of drug-likeness (QED) is 0.157. The van der Waals surface area contributed by atoms with Gasteiger partial charge in [-0.25, -0.2) is 0 Å². The van der Waals surface area contributed by atoms with Crippen molar-refractivity contribution in [1.29, 1.82) is 0 Å². The fraction of sp³-hybridized carbons (Fsp3) is 0.0513. The van der Waals surface area contributed by atoms with E-state index >= 15 is 0 Å². The molecule has 2 heteroatoms. The minimum Gasteiger partial charge on any atom is -0.456 e. The van der Waals surface area contributed by atoms with Gasteiger partial charge in [0.25, 0.3) is 0 Å². The van der Waals surface area contributed by atoms with E-state index in [0.29, 0.717) is 0 Å². The molecule has 0 bridgehead atoms. The first-order chi connectivity index (χ1) is 20.2. The Morgan fingerprint density at radius 3 is 1.59 bits per heavy atom. The molecule has 0 radical (unpaired) electrons. The molecule has 2 aliphatic heterocycles. The van der Waals surface area contributed by atoms with E-state index in [0.717, 1.165) is 33.8 Å². The van der Waals surface area contributed by atoms with Gasteiger partial charge in [-0.15, -0.1) is 0 Å². The van der Waals surface area contributed by atoms with Crippen LogP contribution in [-0.4, -0.2) is 0 Å². The van der Waals surface area contributed by atoms with Gasteiger partial charge in [-0.05, 0) is 35.4 Å². The van der Waals surface area contributed by atoms with E-state index in [1.807, 2.05) is 36.4 Å². The van der Waals surface area contributed by atoms with Gasteiger partial charge >= 0.3 is 0 Å². The zero-order valence-electron chi connectivity index (χ0n) is 23.4. The van der Waals surface area contributed by atoms with Crippen molar-refractivity contribution in [1.82, 2.24) is 0 Å². The molecule has 1 aliphatic carbocycles. The summed E-state index contributed by atoms with van der Waals surface area (Å²) in [6.07, 6.45) is 14.7. The maximum Gasteiger partial charge on any atom is 0.211 e. The van der Waals surface area contributed by atoms with Gasteiger partial charge in [-0.3, -0.25) is 0 Å². The molecule has 0 amide bonds. The lowest BCUT2D eigenvalue weighted by atomic mass is 10.0. The molecular weight excluding hydrogens is 498 g/mol. The van der Waals surface area contributed by atoms with Crippen LogP contribution in [-0.2, 0) is 4.74 Å². The van der Waals surface area contributed by atoms with Gasteiger partial charge in [0.15, 0.2) is 11.4 Å². The van der Waals surface area contributed by atoms with Crippen molar-refractivity contribution in [3.8, 4) is 16.8 Å². The molecule has 0 fully saturated rings. The summed E-state index contributed by atoms with van der Waals surface area (Å²) in [6, 6.07) is 39.9. The molecular formula is C39H32NO+. The number of hydrogen-bond donors (Lipinski definition) is 0. The Kier molecular flexibility index (Phi) is 7.55. The third-order valence-electron chi connectivity index (χ3n) is 7.37. The van der Waals surface area contributed by atoms with E-state index in [1.54, 1.807) is 0 Å². The van der Waals surface area contributed by atoms with Gasteiger partial charge in [-0.1, -0.05) is 121 Å². The molecule has 3 aromatic rings. The van der Waals surface area contributed by atoms with Gasteiger partial charge in [0.05, 0.1) is 11.1 Å². The lowest BCUT2D eigenvalue weighted by Crippen LogP contribution is -2.34. The van der Waals surface area contributed by atoms with Crippen molar-refractivity contribution in [2.75, 3.05) is 0 Å². The van der Waals surface area contributed by atoms with E-state index in [-0.39, 0.29) is 0 Å². The summed E-state index contributed by atoms with van der Waals surface area (Å²) in [5, 5.41) is 0. The Bertz CT molecular complexity index is 1690. The first-order valence-corrected chi connectivity index (χ1v) is 13.9. The lowest BCUT2D eigenvalue weighted by Gasteiger charge is -2.18. The molecule has 2 heterocycles. The zero-order valence-corrected chi connectivity index (χ0v) is 23.4. The third-order valence-corrected chi connectivity index (χ3v) is 7.37. The van der Waals surface area contributed by atoms with Gasteiger partial charge in [0.1, 0.15) is 11.5 Å². The second-order valence-electron chi connectivity index (χ2n) is 10.1. The molecule has 6 rings (SSSR count). The van der Waals surface area contributed by atoms with Gasteiger partial charge in [0.2, 0.25) is 5.69 Å². The van der Waals surface area contributed by atoms with Crippen LogP contribution in [0.4, 0.5) is 0 Å². The fourth-order valence-corrected chi connectivity index (χ4v) is 5.30. The van der Waals surface area contributed by atoms with Crippen molar-refractivity contribution < 1.29 is 9.30 Å². The Morgan fingerprint density at radius 1 is 0.537 bits per heavy atom. The number of para-hydroxylation sites is 1. The maximum absolute atomic E-state index is 6.30. The van der Waals surface area contributed by atoms with Crippen LogP contribution in [0.15, 0.2) is 157 Å². The summed E-state index contributed by atoms with van der Waals surface area (Å²) < 4.78 is 8.64. The number of benzene rings is 3. The van der Waals surface area contributed by atoms with Crippen LogP contribution in [0.3, 0.4) is 0 Å². The number of hydrogen-bond acceptors (Lipinski definition) is 1. The summed E-state index contributed by atoms with van der Waals surface area (Å²) in [5.41, 5.74) is 10.6. The largest absolute Gasteiger partial charge is 0.456 e. The van der Waals surface area contributed by atoms with Crippen molar-refractivity contribution in [3.63, 3.8) is 0 Å². The van der Waals surface area contributed by atoms with E-state index in [2.05, 4.69) is 140 Å². The second kappa shape index (κ2) is 11.9. The van der Waals surface area contributed by atoms with Gasteiger partial charge < -0.3 is 4.74 Å². The molecule has 198 valence electrons. The van der Waals surface area contributed by atoms with Gasteiger partial charge in [-0.2, -0.15) is 4.57 Å². The molecule has 3 aliphatic rings. The molecule has 3 aromatic carbocycles. The Balaban J connectivity index is 1.24. The number of nitrogens with zero attached hydrogens (tertiary/aromatic N) is 1. The molecule has 0 N–H and O–H groups in total. The van der Waals surface area contributed by atoms with E-state index < -0.39 is 0 Å². The molecule has 41 heavy (non-hydrogen) atoms. The normalized spacial score (nSPS) is 13.4. The monoisotopic (exact) mass is 530 g/mol. The van der Waals surface area contributed by atoms with Crippen LogP contribution in [0.1, 0.15) is 28.1 Å². The number of allylic oxidation sites excluding steroid dienone is 7. The minimum atomic E-state index is 0.844. The number of ether oxygens (including phenoxy) is 1. The van der Waals surface area contributed by atoms with Crippen LogP contribution in [0.25, 0.3) is 34.4 Å². The lowest BCUT2D eigenvalue weighted by molar-refractivity contribution is -0.604. The Labute approximate surface area is 242 Å². The first kappa shape index (κ1) is 26.0. The number of fused-ring (bicyclic) bond motifs is 1. The van der Waals surface area contributed by atoms with Crippen LogP contribution in [0, 0.1) is 13.8 Å². The van der Waals surface area contributed by atoms with Crippen LogP contribution in [0.5, 0.6) is 0 Å². The summed E-state index contributed by atoms with van der Waals surface area (Å²) in [6.45, 7) is 4.39. The second-order valence-corrected chi connectivity index (χ2v) is 10.1. The molecule has 0 saturated carbocycles. The number of aromatic nitrogens is 1. The molecule has 0 spiro atoms. The smallest absolute Gasteiger partial charge is 0.211 e. The predicted octanol–water partition coefficient (Wildman–Crippen LogP) is 9.29. The molecule has 2 nitrogen and oxygen atoms in total. The van der Waals surface area contributed by atoms with Crippen molar-refractivity contribution >= 4 is 17.6 Å². The van der Waals surface area contributed by atoms with E-state index in [9.17, 15) is 0 Å². The van der Waals surface area contributed by atoms with Crippen LogP contribution in [0.2, 0.25) is 0 Å². The highest BCUT2D eigenvalue weighted by atomic mass is 16.5. The summed E-state index contributed by atoms with van der Waals surface area (Å²) in [5.74, 6) is 1.69.